The summed E-state index contributed by atoms with van der Waals surface area (Å²) >= 11 is 0. The maximum Gasteiger partial charge on any atom is 0.184 e. The molecule has 0 amide bonds. The Hall–Kier alpha value is -1.34. The second kappa shape index (κ2) is 4.94. The van der Waals surface area contributed by atoms with Crippen LogP contribution in [0.15, 0.2) is 24.3 Å². The highest BCUT2D eigenvalue weighted by atomic mass is 16.7. The zero-order chi connectivity index (χ0) is 10.5. The van der Waals surface area contributed by atoms with Crippen molar-refractivity contribution in [2.45, 2.75) is 6.29 Å². The molecular formula is C12H12O3. The van der Waals surface area contributed by atoms with E-state index in [0.717, 1.165) is 11.1 Å². The first kappa shape index (κ1) is 10.2. The highest BCUT2D eigenvalue weighted by Crippen LogP contribution is 2.23. The van der Waals surface area contributed by atoms with Gasteiger partial charge in [-0.2, -0.15) is 0 Å². The Balaban J connectivity index is 2.18. The summed E-state index contributed by atoms with van der Waals surface area (Å²) in [5.74, 6) is 5.45. The summed E-state index contributed by atoms with van der Waals surface area (Å²) in [6, 6.07) is 7.65. The monoisotopic (exact) mass is 204 g/mol. The molecule has 0 unspecified atom stereocenters. The van der Waals surface area contributed by atoms with Crippen LogP contribution in [0.4, 0.5) is 0 Å². The summed E-state index contributed by atoms with van der Waals surface area (Å²) in [6.45, 7) is 1.15. The van der Waals surface area contributed by atoms with E-state index >= 15 is 0 Å². The van der Waals surface area contributed by atoms with E-state index in [1.165, 1.54) is 0 Å². The van der Waals surface area contributed by atoms with E-state index in [1.54, 1.807) is 0 Å². The van der Waals surface area contributed by atoms with Crippen LogP contribution in [0.1, 0.15) is 17.4 Å². The third-order valence-corrected chi connectivity index (χ3v) is 2.09. The summed E-state index contributed by atoms with van der Waals surface area (Å²) in [6.07, 6.45) is -0.263. The summed E-state index contributed by atoms with van der Waals surface area (Å²) in [5, 5.41) is 8.59. The molecule has 0 saturated carbocycles. The maximum atomic E-state index is 8.59. The number of aliphatic hydroxyl groups is 1. The first-order chi connectivity index (χ1) is 7.40. The number of aliphatic hydroxyl groups excluding tert-OH is 1. The van der Waals surface area contributed by atoms with E-state index in [-0.39, 0.29) is 12.9 Å². The summed E-state index contributed by atoms with van der Waals surface area (Å²) < 4.78 is 10.8. The SMILES string of the molecule is OCC#Cc1cccc(C2OCCO2)c1. The lowest BCUT2D eigenvalue weighted by Gasteiger charge is -2.08. The fourth-order valence-corrected chi connectivity index (χ4v) is 1.46. The second-order valence-electron chi connectivity index (χ2n) is 3.16. The molecule has 1 heterocycles. The number of ether oxygens (including phenoxy) is 2. The molecule has 1 aromatic carbocycles. The van der Waals surface area contributed by atoms with Gasteiger partial charge in [0, 0.05) is 11.1 Å². The Labute approximate surface area is 88.6 Å². The third kappa shape index (κ3) is 2.57. The molecule has 0 atom stereocenters. The van der Waals surface area contributed by atoms with Crippen molar-refractivity contribution in [1.82, 2.24) is 0 Å². The molecule has 0 aromatic heterocycles. The Morgan fingerprint density at radius 3 is 2.87 bits per heavy atom. The molecule has 1 N–H and O–H groups in total. The molecule has 0 bridgehead atoms. The normalized spacial score (nSPS) is 16.1. The predicted octanol–water partition coefficient (Wildman–Crippen LogP) is 1.08. The van der Waals surface area contributed by atoms with Crippen molar-refractivity contribution in [3.05, 3.63) is 35.4 Å². The average molecular weight is 204 g/mol. The van der Waals surface area contributed by atoms with Crippen LogP contribution in [0, 0.1) is 11.8 Å². The minimum absolute atomic E-state index is 0.124. The second-order valence-corrected chi connectivity index (χ2v) is 3.16. The van der Waals surface area contributed by atoms with Crippen molar-refractivity contribution >= 4 is 0 Å². The van der Waals surface area contributed by atoms with Gasteiger partial charge >= 0.3 is 0 Å². The number of hydrogen-bond donors (Lipinski definition) is 1. The van der Waals surface area contributed by atoms with Crippen molar-refractivity contribution in [3.63, 3.8) is 0 Å². The van der Waals surface area contributed by atoms with Gasteiger partial charge in [0.1, 0.15) is 6.61 Å². The standard InChI is InChI=1S/C12H12O3/c13-6-2-4-10-3-1-5-11(9-10)12-14-7-8-15-12/h1,3,5,9,12-13H,6-8H2. The molecule has 1 aliphatic rings. The van der Waals surface area contributed by atoms with E-state index in [9.17, 15) is 0 Å². The van der Waals surface area contributed by atoms with Crippen molar-refractivity contribution < 1.29 is 14.6 Å². The van der Waals surface area contributed by atoms with Gasteiger partial charge in [-0.3, -0.25) is 0 Å². The molecule has 3 nitrogen and oxygen atoms in total. The van der Waals surface area contributed by atoms with Gasteiger partial charge in [0.25, 0.3) is 0 Å². The molecule has 2 rings (SSSR count). The maximum absolute atomic E-state index is 8.59. The van der Waals surface area contributed by atoms with Gasteiger partial charge in [0.15, 0.2) is 6.29 Å². The fourth-order valence-electron chi connectivity index (χ4n) is 1.46. The number of rotatable bonds is 1. The van der Waals surface area contributed by atoms with Crippen LogP contribution in [0.25, 0.3) is 0 Å². The zero-order valence-electron chi connectivity index (χ0n) is 8.27. The molecular weight excluding hydrogens is 192 g/mol. The van der Waals surface area contributed by atoms with Crippen molar-refractivity contribution in [2.24, 2.45) is 0 Å². The molecule has 0 aliphatic carbocycles. The van der Waals surface area contributed by atoms with Gasteiger partial charge < -0.3 is 14.6 Å². The molecule has 0 spiro atoms. The Morgan fingerprint density at radius 2 is 2.13 bits per heavy atom. The Kier molecular flexibility index (Phi) is 3.36. The van der Waals surface area contributed by atoms with Gasteiger partial charge in [-0.15, -0.1) is 0 Å². The van der Waals surface area contributed by atoms with Crippen LogP contribution in [0.5, 0.6) is 0 Å². The van der Waals surface area contributed by atoms with E-state index in [2.05, 4.69) is 11.8 Å². The molecule has 1 saturated heterocycles. The first-order valence-electron chi connectivity index (χ1n) is 4.83. The van der Waals surface area contributed by atoms with E-state index in [1.807, 2.05) is 24.3 Å². The zero-order valence-corrected chi connectivity index (χ0v) is 8.27. The lowest BCUT2D eigenvalue weighted by molar-refractivity contribution is -0.0441. The third-order valence-electron chi connectivity index (χ3n) is 2.09. The van der Waals surface area contributed by atoms with Crippen LogP contribution < -0.4 is 0 Å². The smallest absolute Gasteiger partial charge is 0.184 e. The topological polar surface area (TPSA) is 38.7 Å². The molecule has 1 aromatic rings. The first-order valence-corrected chi connectivity index (χ1v) is 4.83. The lowest BCUT2D eigenvalue weighted by atomic mass is 10.1. The van der Waals surface area contributed by atoms with Gasteiger partial charge in [-0.05, 0) is 12.1 Å². The predicted molar refractivity (Wildman–Crippen MR) is 55.1 cm³/mol. The minimum atomic E-state index is -0.263. The molecule has 1 aliphatic heterocycles. The van der Waals surface area contributed by atoms with E-state index in [4.69, 9.17) is 14.6 Å². The van der Waals surface area contributed by atoms with E-state index in [0.29, 0.717) is 13.2 Å². The Bertz CT molecular complexity index is 383. The highest BCUT2D eigenvalue weighted by molar-refractivity contribution is 5.37. The average Bonchev–Trinajstić information content (AvgIpc) is 2.80. The fraction of sp³-hybridized carbons (Fsp3) is 0.333. The van der Waals surface area contributed by atoms with E-state index < -0.39 is 0 Å². The van der Waals surface area contributed by atoms with Gasteiger partial charge in [0.05, 0.1) is 13.2 Å². The van der Waals surface area contributed by atoms with Crippen LogP contribution >= 0.6 is 0 Å². The van der Waals surface area contributed by atoms with Gasteiger partial charge in [-0.25, -0.2) is 0 Å². The van der Waals surface area contributed by atoms with Crippen molar-refractivity contribution in [3.8, 4) is 11.8 Å². The van der Waals surface area contributed by atoms with Gasteiger partial charge in [-0.1, -0.05) is 24.0 Å². The Morgan fingerprint density at radius 1 is 1.33 bits per heavy atom. The quantitative estimate of drug-likeness (QED) is 0.695. The van der Waals surface area contributed by atoms with Crippen LogP contribution in [0.3, 0.4) is 0 Å². The molecule has 15 heavy (non-hydrogen) atoms. The largest absolute Gasteiger partial charge is 0.384 e. The number of hydrogen-bond acceptors (Lipinski definition) is 3. The summed E-state index contributed by atoms with van der Waals surface area (Å²) in [7, 11) is 0. The molecule has 3 heteroatoms. The molecule has 1 fully saturated rings. The molecule has 0 radical (unpaired) electrons. The summed E-state index contributed by atoms with van der Waals surface area (Å²) in [4.78, 5) is 0. The lowest BCUT2D eigenvalue weighted by Crippen LogP contribution is -1.97. The van der Waals surface area contributed by atoms with Crippen molar-refractivity contribution in [2.75, 3.05) is 19.8 Å². The highest BCUT2D eigenvalue weighted by Gasteiger charge is 2.17. The van der Waals surface area contributed by atoms with Crippen molar-refractivity contribution in [1.29, 1.82) is 0 Å². The number of benzene rings is 1. The summed E-state index contributed by atoms with van der Waals surface area (Å²) in [5.41, 5.74) is 1.83. The van der Waals surface area contributed by atoms with Crippen LogP contribution in [-0.4, -0.2) is 24.9 Å². The molecule has 78 valence electrons. The van der Waals surface area contributed by atoms with Crippen LogP contribution in [0.2, 0.25) is 0 Å². The van der Waals surface area contributed by atoms with Crippen LogP contribution in [-0.2, 0) is 9.47 Å². The minimum Gasteiger partial charge on any atom is -0.384 e. The van der Waals surface area contributed by atoms with Gasteiger partial charge in [0.2, 0.25) is 0 Å².